The third kappa shape index (κ3) is 2.70. The highest BCUT2D eigenvalue weighted by atomic mass is 16.2. The minimum absolute atomic E-state index is 0.174. The quantitative estimate of drug-likeness (QED) is 0.836. The van der Waals surface area contributed by atoms with Gasteiger partial charge in [0.15, 0.2) is 0 Å². The second-order valence-corrected chi connectivity index (χ2v) is 4.91. The summed E-state index contributed by atoms with van der Waals surface area (Å²) in [7, 11) is 0. The van der Waals surface area contributed by atoms with E-state index in [1.165, 1.54) is 4.90 Å². The average molecular weight is 271 g/mol. The van der Waals surface area contributed by atoms with Gasteiger partial charge in [-0.3, -0.25) is 19.8 Å². The molecule has 0 aromatic heterocycles. The maximum Gasteiger partial charge on any atom is 0.246 e. The van der Waals surface area contributed by atoms with E-state index in [2.05, 4.69) is 11.4 Å². The van der Waals surface area contributed by atoms with Crippen LogP contribution in [-0.2, 0) is 16.1 Å². The number of imide groups is 1. The largest absolute Gasteiger partial charge is 0.297 e. The monoisotopic (exact) mass is 271 g/mol. The van der Waals surface area contributed by atoms with Crippen molar-refractivity contribution in [2.45, 2.75) is 32.9 Å². The lowest BCUT2D eigenvalue weighted by molar-refractivity contribution is -0.150. The fourth-order valence-electron chi connectivity index (χ4n) is 2.30. The zero-order valence-electron chi connectivity index (χ0n) is 11.6. The number of nitrogens with one attached hydrogen (secondary N) is 1. The molecule has 1 aromatic carbocycles. The lowest BCUT2D eigenvalue weighted by Crippen LogP contribution is -2.57. The number of hydrogen-bond donors (Lipinski definition) is 1. The summed E-state index contributed by atoms with van der Waals surface area (Å²) in [5.41, 5.74) is 2.38. The first-order valence-corrected chi connectivity index (χ1v) is 6.64. The first-order chi connectivity index (χ1) is 9.56. The fourth-order valence-corrected chi connectivity index (χ4v) is 2.30. The molecule has 0 saturated carbocycles. The van der Waals surface area contributed by atoms with Crippen molar-refractivity contribution in [3.63, 3.8) is 0 Å². The normalized spacial score (nSPS) is 19.1. The van der Waals surface area contributed by atoms with E-state index in [-0.39, 0.29) is 30.9 Å². The van der Waals surface area contributed by atoms with Crippen LogP contribution in [0.5, 0.6) is 0 Å². The molecule has 0 aliphatic carbocycles. The van der Waals surface area contributed by atoms with Crippen LogP contribution in [0.4, 0.5) is 0 Å². The van der Waals surface area contributed by atoms with Gasteiger partial charge < -0.3 is 0 Å². The summed E-state index contributed by atoms with van der Waals surface area (Å²) in [6, 6.07) is 7.06. The lowest BCUT2D eigenvalue weighted by atomic mass is 10.0. The van der Waals surface area contributed by atoms with Crippen molar-refractivity contribution in [3.8, 4) is 6.07 Å². The molecule has 0 spiro atoms. The summed E-state index contributed by atoms with van der Waals surface area (Å²) < 4.78 is 0. The Morgan fingerprint density at radius 1 is 1.45 bits per heavy atom. The van der Waals surface area contributed by atoms with Crippen molar-refractivity contribution in [3.05, 3.63) is 34.9 Å². The molecule has 5 nitrogen and oxygen atoms in total. The summed E-state index contributed by atoms with van der Waals surface area (Å²) in [6.45, 7) is 4.26. The van der Waals surface area contributed by atoms with Crippen LogP contribution in [0.25, 0.3) is 0 Å². The van der Waals surface area contributed by atoms with Gasteiger partial charge in [-0.15, -0.1) is 0 Å². The highest BCUT2D eigenvalue weighted by molar-refractivity contribution is 6.01. The molecule has 1 N–H and O–H groups in total. The zero-order valence-corrected chi connectivity index (χ0v) is 11.6. The molecule has 2 amide bonds. The number of nitrogens with zero attached hydrogens (tertiary/aromatic N) is 2. The topological polar surface area (TPSA) is 73.2 Å². The van der Waals surface area contributed by atoms with Crippen LogP contribution in [0.1, 0.15) is 30.0 Å². The SMILES string of the molecule is CCC1NCC(=O)N(Cc2ccc(C#N)cc2C)C1=O. The van der Waals surface area contributed by atoms with Gasteiger partial charge in [-0.2, -0.15) is 5.26 Å². The number of piperazine rings is 1. The number of aryl methyl sites for hydroxylation is 1. The third-order valence-electron chi connectivity index (χ3n) is 3.57. The van der Waals surface area contributed by atoms with Gasteiger partial charge in [0, 0.05) is 0 Å². The van der Waals surface area contributed by atoms with Crippen molar-refractivity contribution in [1.82, 2.24) is 10.2 Å². The average Bonchev–Trinajstić information content (AvgIpc) is 2.45. The second-order valence-electron chi connectivity index (χ2n) is 4.91. The van der Waals surface area contributed by atoms with Crippen molar-refractivity contribution in [1.29, 1.82) is 5.26 Å². The molecule has 1 heterocycles. The predicted octanol–water partition coefficient (Wildman–Crippen LogP) is 1.10. The van der Waals surface area contributed by atoms with Gasteiger partial charge in [0.2, 0.25) is 11.8 Å². The number of carbonyl (C=O) groups is 2. The van der Waals surface area contributed by atoms with Gasteiger partial charge >= 0.3 is 0 Å². The van der Waals surface area contributed by atoms with Crippen LogP contribution in [0.2, 0.25) is 0 Å². The van der Waals surface area contributed by atoms with E-state index in [1.807, 2.05) is 13.8 Å². The maximum atomic E-state index is 12.2. The Morgan fingerprint density at radius 3 is 2.80 bits per heavy atom. The van der Waals surface area contributed by atoms with Crippen LogP contribution in [0.3, 0.4) is 0 Å². The Morgan fingerprint density at radius 2 is 2.20 bits per heavy atom. The molecule has 1 fully saturated rings. The second kappa shape index (κ2) is 5.85. The Kier molecular flexibility index (Phi) is 4.16. The van der Waals surface area contributed by atoms with Crippen LogP contribution in [0.15, 0.2) is 18.2 Å². The molecule has 20 heavy (non-hydrogen) atoms. The number of rotatable bonds is 3. The van der Waals surface area contributed by atoms with Gasteiger partial charge in [-0.05, 0) is 36.6 Å². The summed E-state index contributed by atoms with van der Waals surface area (Å²) in [4.78, 5) is 25.4. The van der Waals surface area contributed by atoms with Gasteiger partial charge in [0.1, 0.15) is 0 Å². The summed E-state index contributed by atoms with van der Waals surface area (Å²) in [6.07, 6.45) is 0.662. The molecule has 1 aliphatic heterocycles. The van der Waals surface area contributed by atoms with E-state index in [9.17, 15) is 9.59 Å². The number of benzene rings is 1. The van der Waals surface area contributed by atoms with Crippen LogP contribution in [0, 0.1) is 18.3 Å². The Balaban J connectivity index is 2.22. The van der Waals surface area contributed by atoms with Crippen molar-refractivity contribution < 1.29 is 9.59 Å². The maximum absolute atomic E-state index is 12.2. The first-order valence-electron chi connectivity index (χ1n) is 6.64. The molecule has 1 saturated heterocycles. The molecule has 0 bridgehead atoms. The molecule has 2 rings (SSSR count). The first kappa shape index (κ1) is 14.2. The zero-order chi connectivity index (χ0) is 14.7. The van der Waals surface area contributed by atoms with Crippen molar-refractivity contribution in [2.24, 2.45) is 0 Å². The molecule has 1 unspecified atom stereocenters. The highest BCUT2D eigenvalue weighted by Gasteiger charge is 2.32. The van der Waals surface area contributed by atoms with Gasteiger partial charge in [-0.25, -0.2) is 0 Å². The van der Waals surface area contributed by atoms with Gasteiger partial charge in [0.05, 0.1) is 30.8 Å². The Labute approximate surface area is 118 Å². The minimum atomic E-state index is -0.286. The van der Waals surface area contributed by atoms with E-state index >= 15 is 0 Å². The fraction of sp³-hybridized carbons (Fsp3) is 0.400. The summed E-state index contributed by atoms with van der Waals surface area (Å²) in [5, 5.41) is 11.8. The van der Waals surface area contributed by atoms with Crippen LogP contribution in [-0.4, -0.2) is 29.3 Å². The van der Waals surface area contributed by atoms with E-state index < -0.39 is 0 Å². The molecule has 1 atom stereocenters. The molecule has 1 aromatic rings. The lowest BCUT2D eigenvalue weighted by Gasteiger charge is -2.31. The molecule has 104 valence electrons. The summed E-state index contributed by atoms with van der Waals surface area (Å²) >= 11 is 0. The van der Waals surface area contributed by atoms with Gasteiger partial charge in [0.25, 0.3) is 0 Å². The number of hydrogen-bond acceptors (Lipinski definition) is 4. The Bertz CT molecular complexity index is 589. The van der Waals surface area contributed by atoms with Crippen LogP contribution >= 0.6 is 0 Å². The van der Waals surface area contributed by atoms with E-state index in [0.717, 1.165) is 11.1 Å². The highest BCUT2D eigenvalue weighted by Crippen LogP contribution is 2.16. The molecular weight excluding hydrogens is 254 g/mol. The standard InChI is InChI=1S/C15H17N3O2/c1-3-13-15(20)18(14(19)8-17-13)9-12-5-4-11(7-16)6-10(12)2/h4-6,13,17H,3,8-9H2,1-2H3. The molecular formula is C15H17N3O2. The van der Waals surface area contributed by atoms with Crippen molar-refractivity contribution in [2.75, 3.05) is 6.54 Å². The van der Waals surface area contributed by atoms with E-state index in [0.29, 0.717) is 12.0 Å². The third-order valence-corrected chi connectivity index (χ3v) is 3.57. The summed E-state index contributed by atoms with van der Waals surface area (Å²) in [5.74, 6) is -0.379. The van der Waals surface area contributed by atoms with E-state index in [1.54, 1.807) is 18.2 Å². The smallest absolute Gasteiger partial charge is 0.246 e. The molecule has 5 heteroatoms. The number of carbonyl (C=O) groups excluding carboxylic acids is 2. The predicted molar refractivity (Wildman–Crippen MR) is 73.5 cm³/mol. The molecule has 1 aliphatic rings. The van der Waals surface area contributed by atoms with Crippen LogP contribution < -0.4 is 5.32 Å². The molecule has 0 radical (unpaired) electrons. The number of nitriles is 1. The minimum Gasteiger partial charge on any atom is -0.297 e. The Hall–Kier alpha value is -2.19. The number of amides is 2. The van der Waals surface area contributed by atoms with E-state index in [4.69, 9.17) is 5.26 Å². The van der Waals surface area contributed by atoms with Gasteiger partial charge in [-0.1, -0.05) is 13.0 Å². The van der Waals surface area contributed by atoms with Crippen molar-refractivity contribution >= 4 is 11.8 Å².